The average Bonchev–Trinajstić information content (AvgIpc) is 3.11. The first-order chi connectivity index (χ1) is 16.3. The number of hydrogen-bond donors (Lipinski definition) is 0. The topological polar surface area (TPSA) is 51.5 Å². The Morgan fingerprint density at radius 3 is 2.41 bits per heavy atom. The lowest BCUT2D eigenvalue weighted by molar-refractivity contribution is 0.00732. The van der Waals surface area contributed by atoms with Crippen LogP contribution in [0.2, 0.25) is 0 Å². The fraction of sp³-hybridized carbons (Fsp3) is 0.607. The smallest absolute Gasteiger partial charge is 0.317 e. The van der Waals surface area contributed by atoms with Gasteiger partial charge in [-0.3, -0.25) is 9.80 Å². The van der Waals surface area contributed by atoms with E-state index < -0.39 is 0 Å². The number of amides is 2. The largest absolute Gasteiger partial charge is 0.324 e. The molecule has 2 amide bonds. The molecule has 1 aromatic rings. The molecule has 6 nitrogen and oxygen atoms in total. The molecule has 1 aromatic carbocycles. The minimum atomic E-state index is -0.107. The molecule has 1 spiro atoms. The summed E-state index contributed by atoms with van der Waals surface area (Å²) in [5.74, 6) is 1.26. The molecule has 2 saturated carbocycles. The summed E-state index contributed by atoms with van der Waals surface area (Å²) >= 11 is 0. The van der Waals surface area contributed by atoms with Gasteiger partial charge in [0.1, 0.15) is 5.84 Å². The van der Waals surface area contributed by atoms with Crippen LogP contribution in [0.3, 0.4) is 0 Å². The van der Waals surface area contributed by atoms with Crippen LogP contribution in [0.15, 0.2) is 52.2 Å². The highest BCUT2D eigenvalue weighted by Crippen LogP contribution is 2.50. The van der Waals surface area contributed by atoms with Gasteiger partial charge in [0.25, 0.3) is 0 Å². The number of allylic oxidation sites excluding steroid dienone is 1. The number of urea groups is 1. The number of amidine groups is 1. The van der Waals surface area contributed by atoms with Crippen LogP contribution in [0.1, 0.15) is 71.3 Å². The second-order valence-electron chi connectivity index (χ2n) is 10.5. The fourth-order valence-electron chi connectivity index (χ4n) is 6.07. The van der Waals surface area contributed by atoms with Crippen LogP contribution < -0.4 is 0 Å². The Balaban J connectivity index is 1.62. The van der Waals surface area contributed by atoms with Crippen molar-refractivity contribution in [2.75, 3.05) is 26.7 Å². The Bertz CT molecular complexity index is 941. The zero-order chi connectivity index (χ0) is 24.3. The summed E-state index contributed by atoms with van der Waals surface area (Å²) in [5.41, 5.74) is 2.21. The maximum Gasteiger partial charge on any atom is 0.324 e. The first-order valence-electron chi connectivity index (χ1n) is 12.9. The van der Waals surface area contributed by atoms with E-state index in [1.165, 1.54) is 24.8 Å². The number of carbonyl (C=O) groups is 1. The van der Waals surface area contributed by atoms with Gasteiger partial charge in [0.05, 0.1) is 12.1 Å². The molecule has 4 rings (SSSR count). The first-order valence-corrected chi connectivity index (χ1v) is 12.9. The molecule has 0 bridgehead atoms. The van der Waals surface area contributed by atoms with Crippen molar-refractivity contribution >= 4 is 18.6 Å². The number of nitrogens with zero attached hydrogens (tertiary/aromatic N) is 5. The Labute approximate surface area is 205 Å². The van der Waals surface area contributed by atoms with Crippen molar-refractivity contribution < 1.29 is 4.79 Å². The Hall–Kier alpha value is -2.47. The lowest BCUT2D eigenvalue weighted by Crippen LogP contribution is -2.57. The number of hydrogen-bond acceptors (Lipinski definition) is 3. The molecule has 184 valence electrons. The summed E-state index contributed by atoms with van der Waals surface area (Å²) in [5, 5.41) is 0. The molecule has 3 aliphatic rings. The molecular formula is C28H41N5O. The molecule has 6 heteroatoms. The number of rotatable bonds is 7. The number of benzene rings is 1. The molecule has 0 N–H and O–H groups in total. The monoisotopic (exact) mass is 463 g/mol. The van der Waals surface area contributed by atoms with E-state index in [2.05, 4.69) is 70.8 Å². The third-order valence-corrected chi connectivity index (χ3v) is 8.77. The quantitative estimate of drug-likeness (QED) is 0.387. The number of carbonyl (C=O) groups excluding carboxylic acids is 1. The molecule has 0 radical (unpaired) electrons. The van der Waals surface area contributed by atoms with Gasteiger partial charge in [0.15, 0.2) is 0 Å². The van der Waals surface area contributed by atoms with Crippen molar-refractivity contribution in [2.24, 2.45) is 15.9 Å². The van der Waals surface area contributed by atoms with Gasteiger partial charge in [-0.05, 0) is 84.2 Å². The Kier molecular flexibility index (Phi) is 7.27. The van der Waals surface area contributed by atoms with Gasteiger partial charge in [-0.25, -0.2) is 14.8 Å². The van der Waals surface area contributed by atoms with Gasteiger partial charge in [-0.2, -0.15) is 0 Å². The fourth-order valence-corrected chi connectivity index (χ4v) is 6.07. The molecule has 0 aromatic heterocycles. The van der Waals surface area contributed by atoms with E-state index in [1.807, 2.05) is 18.7 Å². The summed E-state index contributed by atoms with van der Waals surface area (Å²) < 4.78 is 0. The molecule has 0 atom stereocenters. The van der Waals surface area contributed by atoms with Gasteiger partial charge in [-0.1, -0.05) is 43.7 Å². The van der Waals surface area contributed by atoms with Crippen LogP contribution in [0.25, 0.3) is 0 Å². The molecule has 1 aliphatic heterocycles. The van der Waals surface area contributed by atoms with Crippen molar-refractivity contribution in [3.05, 3.63) is 47.8 Å². The van der Waals surface area contributed by atoms with Crippen molar-refractivity contribution in [1.29, 1.82) is 0 Å². The highest BCUT2D eigenvalue weighted by molar-refractivity contribution is 5.84. The van der Waals surface area contributed by atoms with E-state index >= 15 is 0 Å². The summed E-state index contributed by atoms with van der Waals surface area (Å²) in [6.07, 6.45) is 9.71. The van der Waals surface area contributed by atoms with E-state index in [1.54, 1.807) is 6.20 Å². The normalized spacial score (nSPS) is 28.7. The van der Waals surface area contributed by atoms with Gasteiger partial charge in [0.2, 0.25) is 0 Å². The van der Waals surface area contributed by atoms with E-state index in [-0.39, 0.29) is 17.1 Å². The number of aliphatic imine (C=N–C) groups is 2. The van der Waals surface area contributed by atoms with Crippen molar-refractivity contribution in [2.45, 2.75) is 76.8 Å². The van der Waals surface area contributed by atoms with Gasteiger partial charge >= 0.3 is 6.03 Å². The summed E-state index contributed by atoms with van der Waals surface area (Å²) in [4.78, 5) is 28.7. The molecule has 34 heavy (non-hydrogen) atoms. The second kappa shape index (κ2) is 10.0. The highest BCUT2D eigenvalue weighted by atomic mass is 16.2. The molecule has 0 unspecified atom stereocenters. The first kappa shape index (κ1) is 24.6. The van der Waals surface area contributed by atoms with Crippen LogP contribution >= 0.6 is 0 Å². The highest BCUT2D eigenvalue weighted by Gasteiger charge is 2.55. The molecule has 1 heterocycles. The van der Waals surface area contributed by atoms with Crippen molar-refractivity contribution in [3.8, 4) is 0 Å². The lowest BCUT2D eigenvalue weighted by Gasteiger charge is -2.52. The SMILES string of the molecule is C=N/C(C)=N\C=C(/C)N1C[C@]2(CC[C@](c3ccccc3)(N(C)CC)CC2)N(CC2CCC2)C1=O. The Morgan fingerprint density at radius 2 is 1.85 bits per heavy atom. The molecule has 1 saturated heterocycles. The van der Waals surface area contributed by atoms with Gasteiger partial charge in [0, 0.05) is 24.0 Å². The molecule has 2 aliphatic carbocycles. The second-order valence-corrected chi connectivity index (χ2v) is 10.5. The summed E-state index contributed by atoms with van der Waals surface area (Å²) in [7, 11) is 2.25. The van der Waals surface area contributed by atoms with E-state index in [9.17, 15) is 4.79 Å². The minimum absolute atomic E-state index is 0.0296. The zero-order valence-corrected chi connectivity index (χ0v) is 21.5. The van der Waals surface area contributed by atoms with E-state index in [0.717, 1.165) is 51.0 Å². The van der Waals surface area contributed by atoms with Gasteiger partial charge in [-0.15, -0.1) is 0 Å². The summed E-state index contributed by atoms with van der Waals surface area (Å²) in [6.45, 7) is 12.2. The standard InChI is InChI=1S/C28H41N5O/c1-6-31(5)28(25-13-8-7-9-14-25)17-15-27(16-18-28)21-32(22(2)19-30-23(3)29-4)26(34)33(27)20-24-11-10-12-24/h7-9,13-14,19,24H,4,6,10-12,15-18,20-21H2,1-3,5H3/b22-19+,30-23-/t27-,28+. The third-order valence-electron chi connectivity index (χ3n) is 8.77. The maximum atomic E-state index is 13.7. The van der Waals surface area contributed by atoms with Crippen LogP contribution in [-0.2, 0) is 5.54 Å². The third kappa shape index (κ3) is 4.45. The average molecular weight is 464 g/mol. The van der Waals surface area contributed by atoms with E-state index in [0.29, 0.717) is 11.8 Å². The molecule has 3 fully saturated rings. The lowest BCUT2D eigenvalue weighted by atomic mass is 9.68. The van der Waals surface area contributed by atoms with E-state index in [4.69, 9.17) is 0 Å². The predicted molar refractivity (Wildman–Crippen MR) is 140 cm³/mol. The van der Waals surface area contributed by atoms with Gasteiger partial charge < -0.3 is 4.90 Å². The van der Waals surface area contributed by atoms with Crippen LogP contribution in [-0.4, -0.2) is 65.5 Å². The van der Waals surface area contributed by atoms with Crippen LogP contribution in [0, 0.1) is 5.92 Å². The zero-order valence-electron chi connectivity index (χ0n) is 21.5. The van der Waals surface area contributed by atoms with Crippen LogP contribution in [0.4, 0.5) is 4.79 Å². The maximum absolute atomic E-state index is 13.7. The van der Waals surface area contributed by atoms with Crippen molar-refractivity contribution in [3.63, 3.8) is 0 Å². The summed E-state index contributed by atoms with van der Waals surface area (Å²) in [6, 6.07) is 11.1. The Morgan fingerprint density at radius 1 is 1.18 bits per heavy atom. The minimum Gasteiger partial charge on any atom is -0.317 e. The van der Waals surface area contributed by atoms with Crippen LogP contribution in [0.5, 0.6) is 0 Å². The predicted octanol–water partition coefficient (Wildman–Crippen LogP) is 5.66. The van der Waals surface area contributed by atoms with Crippen molar-refractivity contribution in [1.82, 2.24) is 14.7 Å². The molecular weight excluding hydrogens is 422 g/mol.